The molecule has 0 saturated heterocycles. The van der Waals surface area contributed by atoms with Crippen molar-refractivity contribution in [2.75, 3.05) is 0 Å². The van der Waals surface area contributed by atoms with Gasteiger partial charge in [0.05, 0.1) is 4.47 Å². The second-order valence-corrected chi connectivity index (χ2v) is 3.37. The van der Waals surface area contributed by atoms with Crippen LogP contribution in [0.5, 0.6) is 0 Å². The molecule has 1 aromatic rings. The molecule has 0 aliphatic carbocycles. The second kappa shape index (κ2) is 3.35. The highest BCUT2D eigenvalue weighted by Gasteiger charge is 2.04. The van der Waals surface area contributed by atoms with Crippen LogP contribution in [0.4, 0.5) is 4.39 Å². The molecule has 1 aromatic carbocycles. The molecule has 0 saturated carbocycles. The first kappa shape index (κ1) is 8.72. The average molecular weight is 217 g/mol. The smallest absolute Gasteiger partial charge is 0.137 e. The number of halogens is 2. The first-order valence-electron chi connectivity index (χ1n) is 3.59. The lowest BCUT2D eigenvalue weighted by atomic mass is 10.1. The van der Waals surface area contributed by atoms with Gasteiger partial charge in [-0.1, -0.05) is 13.0 Å². The second-order valence-electron chi connectivity index (χ2n) is 2.57. The molecule has 2 heteroatoms. The lowest BCUT2D eigenvalue weighted by Crippen LogP contribution is -1.88. The summed E-state index contributed by atoms with van der Waals surface area (Å²) in [5.74, 6) is -0.165. The van der Waals surface area contributed by atoms with Crippen molar-refractivity contribution < 1.29 is 4.39 Å². The maximum Gasteiger partial charge on any atom is 0.137 e. The zero-order valence-electron chi connectivity index (χ0n) is 6.62. The van der Waals surface area contributed by atoms with Crippen molar-refractivity contribution in [3.05, 3.63) is 33.5 Å². The molecule has 0 aliphatic heterocycles. The maximum atomic E-state index is 13.0. The van der Waals surface area contributed by atoms with E-state index in [9.17, 15) is 4.39 Å². The summed E-state index contributed by atoms with van der Waals surface area (Å²) < 4.78 is 13.6. The minimum Gasteiger partial charge on any atom is -0.206 e. The Bertz CT molecular complexity index is 269. The highest BCUT2D eigenvalue weighted by Crippen LogP contribution is 2.22. The van der Waals surface area contributed by atoms with Gasteiger partial charge in [0.25, 0.3) is 0 Å². The fourth-order valence-corrected chi connectivity index (χ4v) is 1.56. The zero-order valence-corrected chi connectivity index (χ0v) is 8.20. The molecule has 0 N–H and O–H groups in total. The topological polar surface area (TPSA) is 0 Å². The van der Waals surface area contributed by atoms with E-state index in [4.69, 9.17) is 0 Å². The highest BCUT2D eigenvalue weighted by molar-refractivity contribution is 9.10. The molecule has 0 fully saturated rings. The number of hydrogen-bond donors (Lipinski definition) is 0. The molecule has 0 unspecified atom stereocenters. The van der Waals surface area contributed by atoms with Crippen LogP contribution in [-0.4, -0.2) is 0 Å². The Morgan fingerprint density at radius 2 is 2.09 bits per heavy atom. The monoisotopic (exact) mass is 216 g/mol. The lowest BCUT2D eigenvalue weighted by molar-refractivity contribution is 0.617. The van der Waals surface area contributed by atoms with Crippen molar-refractivity contribution in [3.63, 3.8) is 0 Å². The first-order chi connectivity index (χ1) is 5.15. The fourth-order valence-electron chi connectivity index (χ4n) is 1.05. The largest absolute Gasteiger partial charge is 0.206 e. The van der Waals surface area contributed by atoms with E-state index in [1.807, 2.05) is 19.9 Å². The van der Waals surface area contributed by atoms with Crippen molar-refractivity contribution >= 4 is 15.9 Å². The van der Waals surface area contributed by atoms with Crippen molar-refractivity contribution in [1.29, 1.82) is 0 Å². The van der Waals surface area contributed by atoms with Crippen LogP contribution in [0, 0.1) is 12.7 Å². The fraction of sp³-hybridized carbons (Fsp3) is 0.333. The Balaban J connectivity index is 3.24. The van der Waals surface area contributed by atoms with Gasteiger partial charge in [0.15, 0.2) is 0 Å². The van der Waals surface area contributed by atoms with Gasteiger partial charge in [-0.3, -0.25) is 0 Å². The molecule has 0 aromatic heterocycles. The third kappa shape index (κ3) is 1.80. The molecule has 0 aliphatic rings. The van der Waals surface area contributed by atoms with Crippen LogP contribution < -0.4 is 0 Å². The summed E-state index contributed by atoms with van der Waals surface area (Å²) in [4.78, 5) is 0. The zero-order chi connectivity index (χ0) is 8.43. The summed E-state index contributed by atoms with van der Waals surface area (Å²) in [6, 6.07) is 3.52. The van der Waals surface area contributed by atoms with Crippen LogP contribution in [0.1, 0.15) is 18.1 Å². The van der Waals surface area contributed by atoms with Gasteiger partial charge in [-0.05, 0) is 46.5 Å². The number of benzene rings is 1. The van der Waals surface area contributed by atoms with Crippen LogP contribution in [0.2, 0.25) is 0 Å². The minimum absolute atomic E-state index is 0.165. The minimum atomic E-state index is -0.165. The van der Waals surface area contributed by atoms with Crippen LogP contribution in [0.3, 0.4) is 0 Å². The van der Waals surface area contributed by atoms with E-state index >= 15 is 0 Å². The molecule has 60 valence electrons. The highest BCUT2D eigenvalue weighted by atomic mass is 79.9. The molecule has 0 bridgehead atoms. The molecular weight excluding hydrogens is 207 g/mol. The SMILES string of the molecule is CCc1cc(C)cc(F)c1Br. The molecular formula is C9H10BrF. The van der Waals surface area contributed by atoms with Crippen molar-refractivity contribution in [3.8, 4) is 0 Å². The normalized spacial score (nSPS) is 10.2. The Labute approximate surface area is 74.6 Å². The third-order valence-electron chi connectivity index (χ3n) is 1.63. The molecule has 0 atom stereocenters. The third-order valence-corrected chi connectivity index (χ3v) is 2.52. The lowest BCUT2D eigenvalue weighted by Gasteiger charge is -2.03. The van der Waals surface area contributed by atoms with Gasteiger partial charge >= 0.3 is 0 Å². The quantitative estimate of drug-likeness (QED) is 0.675. The average Bonchev–Trinajstić information content (AvgIpc) is 1.96. The van der Waals surface area contributed by atoms with Gasteiger partial charge in [0.2, 0.25) is 0 Å². The van der Waals surface area contributed by atoms with E-state index in [-0.39, 0.29) is 5.82 Å². The Hall–Kier alpha value is -0.370. The van der Waals surface area contributed by atoms with E-state index in [0.717, 1.165) is 17.5 Å². The van der Waals surface area contributed by atoms with Gasteiger partial charge in [0, 0.05) is 0 Å². The predicted octanol–water partition coefficient (Wildman–Crippen LogP) is 3.46. The first-order valence-corrected chi connectivity index (χ1v) is 4.39. The van der Waals surface area contributed by atoms with E-state index < -0.39 is 0 Å². The standard InChI is InChI=1S/C9H10BrF/c1-3-7-4-6(2)5-8(11)9(7)10/h4-5H,3H2,1-2H3. The molecule has 0 nitrogen and oxygen atoms in total. The Kier molecular flexibility index (Phi) is 2.66. The van der Waals surface area contributed by atoms with E-state index in [2.05, 4.69) is 15.9 Å². The van der Waals surface area contributed by atoms with Crippen molar-refractivity contribution in [2.24, 2.45) is 0 Å². The number of aryl methyl sites for hydroxylation is 2. The van der Waals surface area contributed by atoms with Gasteiger partial charge in [0.1, 0.15) is 5.82 Å². The molecule has 0 heterocycles. The summed E-state index contributed by atoms with van der Waals surface area (Å²) >= 11 is 3.20. The van der Waals surface area contributed by atoms with E-state index in [1.54, 1.807) is 0 Å². The van der Waals surface area contributed by atoms with Crippen molar-refractivity contribution in [2.45, 2.75) is 20.3 Å². The molecule has 0 radical (unpaired) electrons. The van der Waals surface area contributed by atoms with E-state index in [1.165, 1.54) is 6.07 Å². The molecule has 0 amide bonds. The van der Waals surface area contributed by atoms with Crippen LogP contribution in [0.15, 0.2) is 16.6 Å². The summed E-state index contributed by atoms with van der Waals surface area (Å²) in [5, 5.41) is 0. The summed E-state index contributed by atoms with van der Waals surface area (Å²) in [7, 11) is 0. The number of hydrogen-bond acceptors (Lipinski definition) is 0. The maximum absolute atomic E-state index is 13.0. The summed E-state index contributed by atoms with van der Waals surface area (Å²) in [6.45, 7) is 3.91. The van der Waals surface area contributed by atoms with Crippen LogP contribution in [0.25, 0.3) is 0 Å². The molecule has 1 rings (SSSR count). The van der Waals surface area contributed by atoms with Crippen molar-refractivity contribution in [1.82, 2.24) is 0 Å². The van der Waals surface area contributed by atoms with Gasteiger partial charge < -0.3 is 0 Å². The van der Waals surface area contributed by atoms with Gasteiger partial charge in [-0.15, -0.1) is 0 Å². The van der Waals surface area contributed by atoms with Crippen LogP contribution in [-0.2, 0) is 6.42 Å². The van der Waals surface area contributed by atoms with Gasteiger partial charge in [-0.25, -0.2) is 4.39 Å². The molecule has 11 heavy (non-hydrogen) atoms. The Morgan fingerprint density at radius 3 is 2.64 bits per heavy atom. The number of rotatable bonds is 1. The summed E-state index contributed by atoms with van der Waals surface area (Å²) in [6.07, 6.45) is 0.860. The van der Waals surface area contributed by atoms with E-state index in [0.29, 0.717) is 4.47 Å². The van der Waals surface area contributed by atoms with Crippen LogP contribution >= 0.6 is 15.9 Å². The summed E-state index contributed by atoms with van der Waals surface area (Å²) in [5.41, 5.74) is 2.00. The molecule has 0 spiro atoms. The van der Waals surface area contributed by atoms with Gasteiger partial charge in [-0.2, -0.15) is 0 Å². The predicted molar refractivity (Wildman–Crippen MR) is 48.2 cm³/mol. The Morgan fingerprint density at radius 1 is 1.45 bits per heavy atom.